The first-order chi connectivity index (χ1) is 8.27. The average molecular weight is 248 g/mol. The molecule has 0 atom stereocenters. The molecule has 0 aliphatic heterocycles. The van der Waals surface area contributed by atoms with Crippen LogP contribution in [0.3, 0.4) is 0 Å². The molecule has 5 nitrogen and oxygen atoms in total. The van der Waals surface area contributed by atoms with Gasteiger partial charge in [-0.25, -0.2) is 4.68 Å². The van der Waals surface area contributed by atoms with Gasteiger partial charge in [-0.2, -0.15) is 5.26 Å². The number of hydrogen-bond donors (Lipinski definition) is 1. The molecule has 0 spiro atoms. The third-order valence-electron chi connectivity index (χ3n) is 2.35. The quantitative estimate of drug-likeness (QED) is 0.893. The van der Waals surface area contributed by atoms with Crippen molar-refractivity contribution in [2.45, 2.75) is 13.1 Å². The van der Waals surface area contributed by atoms with Crippen LogP contribution in [0.15, 0.2) is 24.3 Å². The molecule has 1 heterocycles. The van der Waals surface area contributed by atoms with E-state index in [-0.39, 0.29) is 13.1 Å². The van der Waals surface area contributed by atoms with Crippen molar-refractivity contribution < 1.29 is 0 Å². The minimum Gasteiger partial charge on any atom is -0.325 e. The smallest absolute Gasteiger partial charge is 0.130 e. The second-order valence-corrected chi connectivity index (χ2v) is 3.79. The summed E-state index contributed by atoms with van der Waals surface area (Å²) in [5.74, 6) is 0. The first kappa shape index (κ1) is 11.6. The van der Waals surface area contributed by atoms with Gasteiger partial charge < -0.3 is 5.73 Å². The van der Waals surface area contributed by atoms with E-state index in [9.17, 15) is 0 Å². The average Bonchev–Trinajstić information content (AvgIpc) is 2.73. The maximum atomic E-state index is 8.74. The summed E-state index contributed by atoms with van der Waals surface area (Å²) < 4.78 is 1.50. The van der Waals surface area contributed by atoms with Crippen LogP contribution in [0, 0.1) is 11.3 Å². The van der Waals surface area contributed by atoms with Gasteiger partial charge in [0.05, 0.1) is 16.8 Å². The number of halogens is 1. The van der Waals surface area contributed by atoms with Crippen molar-refractivity contribution >= 4 is 11.6 Å². The number of benzene rings is 1. The molecule has 0 saturated carbocycles. The van der Waals surface area contributed by atoms with Gasteiger partial charge in [0, 0.05) is 12.1 Å². The summed E-state index contributed by atoms with van der Waals surface area (Å²) >= 11 is 6.12. The Morgan fingerprint density at radius 1 is 1.41 bits per heavy atom. The van der Waals surface area contributed by atoms with Crippen molar-refractivity contribution in [2.24, 2.45) is 5.73 Å². The highest BCUT2D eigenvalue weighted by molar-refractivity contribution is 6.33. The first-order valence-corrected chi connectivity index (χ1v) is 5.40. The zero-order chi connectivity index (χ0) is 12.3. The van der Waals surface area contributed by atoms with E-state index in [1.54, 1.807) is 6.07 Å². The van der Waals surface area contributed by atoms with E-state index in [1.165, 1.54) is 4.68 Å². The van der Waals surface area contributed by atoms with Crippen LogP contribution in [-0.2, 0) is 13.1 Å². The van der Waals surface area contributed by atoms with Crippen LogP contribution < -0.4 is 5.73 Å². The molecular formula is C11H10ClN5. The van der Waals surface area contributed by atoms with Gasteiger partial charge in [0.2, 0.25) is 0 Å². The Labute approximate surface area is 103 Å². The molecule has 0 bridgehead atoms. The Morgan fingerprint density at radius 2 is 2.18 bits per heavy atom. The van der Waals surface area contributed by atoms with E-state index in [0.717, 1.165) is 5.56 Å². The Bertz CT molecular complexity index is 569. The van der Waals surface area contributed by atoms with Crippen LogP contribution in [0.25, 0.3) is 11.3 Å². The monoisotopic (exact) mass is 247 g/mol. The molecule has 17 heavy (non-hydrogen) atoms. The second-order valence-electron chi connectivity index (χ2n) is 3.38. The minimum absolute atomic E-state index is 0.119. The van der Waals surface area contributed by atoms with Gasteiger partial charge in [-0.3, -0.25) is 0 Å². The fourth-order valence-corrected chi connectivity index (χ4v) is 1.84. The van der Waals surface area contributed by atoms with Gasteiger partial charge in [0.1, 0.15) is 12.2 Å². The van der Waals surface area contributed by atoms with Gasteiger partial charge in [-0.15, -0.1) is 5.10 Å². The maximum Gasteiger partial charge on any atom is 0.130 e. The fraction of sp³-hybridized carbons (Fsp3) is 0.182. The lowest BCUT2D eigenvalue weighted by atomic mass is 10.1. The summed E-state index contributed by atoms with van der Waals surface area (Å²) in [4.78, 5) is 0. The van der Waals surface area contributed by atoms with Gasteiger partial charge >= 0.3 is 0 Å². The van der Waals surface area contributed by atoms with Crippen LogP contribution in [0.2, 0.25) is 5.02 Å². The molecule has 0 unspecified atom stereocenters. The molecule has 2 N–H and O–H groups in total. The van der Waals surface area contributed by atoms with Crippen molar-refractivity contribution in [2.75, 3.05) is 0 Å². The van der Waals surface area contributed by atoms with Crippen molar-refractivity contribution in [3.63, 3.8) is 0 Å². The zero-order valence-electron chi connectivity index (χ0n) is 8.97. The van der Waals surface area contributed by atoms with E-state index in [2.05, 4.69) is 10.3 Å². The highest BCUT2D eigenvalue weighted by atomic mass is 35.5. The van der Waals surface area contributed by atoms with Crippen LogP contribution in [0.5, 0.6) is 0 Å². The molecule has 0 aliphatic rings. The molecule has 0 fully saturated rings. The predicted molar refractivity (Wildman–Crippen MR) is 64.0 cm³/mol. The molecule has 2 rings (SSSR count). The molecular weight excluding hydrogens is 238 g/mol. The molecule has 0 amide bonds. The lowest BCUT2D eigenvalue weighted by Crippen LogP contribution is -2.03. The first-order valence-electron chi connectivity index (χ1n) is 5.02. The number of hydrogen-bond acceptors (Lipinski definition) is 4. The highest BCUT2D eigenvalue weighted by Crippen LogP contribution is 2.29. The van der Waals surface area contributed by atoms with Gasteiger partial charge in [-0.1, -0.05) is 35.0 Å². The third-order valence-corrected chi connectivity index (χ3v) is 2.68. The van der Waals surface area contributed by atoms with Crippen molar-refractivity contribution in [3.05, 3.63) is 35.0 Å². The molecule has 86 valence electrons. The number of nitrogens with zero attached hydrogens (tertiary/aromatic N) is 4. The summed E-state index contributed by atoms with van der Waals surface area (Å²) in [5.41, 5.74) is 7.73. The van der Waals surface area contributed by atoms with Gasteiger partial charge in [0.15, 0.2) is 0 Å². The van der Waals surface area contributed by atoms with E-state index in [0.29, 0.717) is 16.4 Å². The Morgan fingerprint density at radius 3 is 2.82 bits per heavy atom. The lowest BCUT2D eigenvalue weighted by Gasteiger charge is -2.06. The Kier molecular flexibility index (Phi) is 3.38. The van der Waals surface area contributed by atoms with Crippen LogP contribution in [0.1, 0.15) is 5.69 Å². The van der Waals surface area contributed by atoms with E-state index in [1.807, 2.05) is 24.3 Å². The largest absolute Gasteiger partial charge is 0.325 e. The number of nitrogens with two attached hydrogens (primary N) is 1. The number of aromatic nitrogens is 3. The Hall–Kier alpha value is -1.90. The summed E-state index contributed by atoms with van der Waals surface area (Å²) in [7, 11) is 0. The topological polar surface area (TPSA) is 80.5 Å². The summed E-state index contributed by atoms with van der Waals surface area (Å²) in [5, 5.41) is 17.2. The molecule has 0 radical (unpaired) electrons. The maximum absolute atomic E-state index is 8.74. The third kappa shape index (κ3) is 2.13. The van der Waals surface area contributed by atoms with E-state index >= 15 is 0 Å². The fourth-order valence-electron chi connectivity index (χ4n) is 1.61. The standard InChI is InChI=1S/C11H10ClN5/c12-9-4-2-1-3-8(9)11-10(7-14)15-16-17(11)6-5-13/h1-4H,6-7,14H2. The SMILES string of the molecule is N#CCn1nnc(CN)c1-c1ccccc1Cl. The van der Waals surface area contributed by atoms with Gasteiger partial charge in [0.25, 0.3) is 0 Å². The minimum atomic E-state index is 0.119. The van der Waals surface area contributed by atoms with Crippen molar-refractivity contribution in [1.82, 2.24) is 15.0 Å². The summed E-state index contributed by atoms with van der Waals surface area (Å²) in [6.07, 6.45) is 0. The molecule has 1 aromatic heterocycles. The summed E-state index contributed by atoms with van der Waals surface area (Å²) in [6.45, 7) is 0.375. The molecule has 0 saturated heterocycles. The lowest BCUT2D eigenvalue weighted by molar-refractivity contribution is 0.673. The summed E-state index contributed by atoms with van der Waals surface area (Å²) in [6, 6.07) is 9.37. The zero-order valence-corrected chi connectivity index (χ0v) is 9.72. The van der Waals surface area contributed by atoms with Crippen LogP contribution >= 0.6 is 11.6 Å². The molecule has 2 aromatic rings. The molecule has 0 aliphatic carbocycles. The van der Waals surface area contributed by atoms with Gasteiger partial charge in [-0.05, 0) is 6.07 Å². The molecule has 1 aromatic carbocycles. The number of nitriles is 1. The van der Waals surface area contributed by atoms with Crippen molar-refractivity contribution in [3.8, 4) is 17.3 Å². The normalized spacial score (nSPS) is 10.2. The molecule has 6 heteroatoms. The Balaban J connectivity index is 2.61. The van der Waals surface area contributed by atoms with E-state index < -0.39 is 0 Å². The number of rotatable bonds is 3. The highest BCUT2D eigenvalue weighted by Gasteiger charge is 2.15. The second kappa shape index (κ2) is 4.95. The van der Waals surface area contributed by atoms with Crippen LogP contribution in [-0.4, -0.2) is 15.0 Å². The van der Waals surface area contributed by atoms with Crippen molar-refractivity contribution in [1.29, 1.82) is 5.26 Å². The van der Waals surface area contributed by atoms with Crippen LogP contribution in [0.4, 0.5) is 0 Å². The van der Waals surface area contributed by atoms with E-state index in [4.69, 9.17) is 22.6 Å². The predicted octanol–water partition coefficient (Wildman–Crippen LogP) is 1.58.